The molecule has 2 N–H and O–H groups in total. The first-order valence-corrected chi connectivity index (χ1v) is 3.88. The van der Waals surface area contributed by atoms with Crippen LogP contribution in [0.1, 0.15) is 19.3 Å². The van der Waals surface area contributed by atoms with E-state index in [-0.39, 0.29) is 0 Å². The molecule has 0 atom stereocenters. The van der Waals surface area contributed by atoms with E-state index in [1.54, 1.807) is 11.7 Å². The highest BCUT2D eigenvalue weighted by Crippen LogP contribution is 2.05. The summed E-state index contributed by atoms with van der Waals surface area (Å²) in [5, 5.41) is 8.04. The van der Waals surface area contributed by atoms with Crippen molar-refractivity contribution in [2.45, 2.75) is 19.3 Å². The summed E-state index contributed by atoms with van der Waals surface area (Å²) >= 11 is 0. The van der Waals surface area contributed by atoms with Crippen molar-refractivity contribution in [3.63, 3.8) is 0 Å². The SMILES string of the molecule is [B]/C=C/C(=C)CCCCONO. The van der Waals surface area contributed by atoms with Gasteiger partial charge >= 0.3 is 0 Å². The molecule has 0 aliphatic carbocycles. The Morgan fingerprint density at radius 1 is 1.58 bits per heavy atom. The molecule has 0 bridgehead atoms. The molecule has 0 fully saturated rings. The Kier molecular flexibility index (Phi) is 8.11. The molecule has 0 unspecified atom stereocenters. The van der Waals surface area contributed by atoms with Gasteiger partial charge in [-0.15, -0.1) is 5.98 Å². The number of rotatable bonds is 7. The second kappa shape index (κ2) is 8.52. The summed E-state index contributed by atoms with van der Waals surface area (Å²) in [5.74, 6) is 1.48. The van der Waals surface area contributed by atoms with Crippen molar-refractivity contribution >= 4 is 7.85 Å². The molecule has 0 aliphatic heterocycles. The van der Waals surface area contributed by atoms with Gasteiger partial charge in [-0.25, -0.2) is 0 Å². The van der Waals surface area contributed by atoms with Crippen LogP contribution in [0.5, 0.6) is 0 Å². The van der Waals surface area contributed by atoms with E-state index in [2.05, 4.69) is 11.4 Å². The number of hydrogen-bond acceptors (Lipinski definition) is 3. The largest absolute Gasteiger partial charge is 0.292 e. The third-order valence-corrected chi connectivity index (χ3v) is 1.39. The van der Waals surface area contributed by atoms with Crippen LogP contribution in [0.15, 0.2) is 24.2 Å². The van der Waals surface area contributed by atoms with Crippen LogP contribution in [0.2, 0.25) is 0 Å². The van der Waals surface area contributed by atoms with Crippen molar-refractivity contribution in [1.82, 2.24) is 5.64 Å². The molecule has 0 aliphatic rings. The van der Waals surface area contributed by atoms with Crippen molar-refractivity contribution in [2.75, 3.05) is 6.61 Å². The standard InChI is InChI=1S/C8H14BNO2/c1-8(5-6-9)4-2-3-7-12-10-11/h5-6,10-11H,1-4,7H2/b6-5+. The van der Waals surface area contributed by atoms with Gasteiger partial charge in [-0.3, -0.25) is 10.0 Å². The maximum atomic E-state index is 8.04. The third kappa shape index (κ3) is 7.53. The van der Waals surface area contributed by atoms with Gasteiger partial charge in [-0.05, 0) is 19.3 Å². The van der Waals surface area contributed by atoms with Crippen LogP contribution in [0.4, 0.5) is 0 Å². The van der Waals surface area contributed by atoms with Gasteiger partial charge in [0.1, 0.15) is 7.85 Å². The molecule has 4 heteroatoms. The number of unbranched alkanes of at least 4 members (excludes halogenated alkanes) is 1. The first-order valence-electron chi connectivity index (χ1n) is 3.88. The van der Waals surface area contributed by atoms with Gasteiger partial charge < -0.3 is 0 Å². The summed E-state index contributed by atoms with van der Waals surface area (Å²) in [6, 6.07) is 0. The average Bonchev–Trinajstić information content (AvgIpc) is 2.05. The Labute approximate surface area is 74.4 Å². The monoisotopic (exact) mass is 167 g/mol. The summed E-state index contributed by atoms with van der Waals surface area (Å²) < 4.78 is 0. The van der Waals surface area contributed by atoms with Crippen molar-refractivity contribution in [1.29, 1.82) is 0 Å². The van der Waals surface area contributed by atoms with Gasteiger partial charge in [-0.2, -0.15) is 0 Å². The maximum Gasteiger partial charge on any atom is 0.102 e. The molecule has 0 saturated carbocycles. The van der Waals surface area contributed by atoms with E-state index in [9.17, 15) is 0 Å². The fourth-order valence-electron chi connectivity index (χ4n) is 0.791. The molecular weight excluding hydrogens is 153 g/mol. The number of nitrogens with one attached hydrogen (secondary N) is 1. The number of hydrogen-bond donors (Lipinski definition) is 2. The molecule has 0 aromatic heterocycles. The zero-order valence-electron chi connectivity index (χ0n) is 7.12. The van der Waals surface area contributed by atoms with Gasteiger partial charge in [0.2, 0.25) is 0 Å². The molecule has 0 heterocycles. The topological polar surface area (TPSA) is 41.5 Å². The van der Waals surface area contributed by atoms with Crippen molar-refractivity contribution in [3.05, 3.63) is 24.2 Å². The molecule has 66 valence electrons. The lowest BCUT2D eigenvalue weighted by Gasteiger charge is -2.00. The van der Waals surface area contributed by atoms with Crippen LogP contribution in [0.3, 0.4) is 0 Å². The highest BCUT2D eigenvalue weighted by atomic mass is 16.8. The van der Waals surface area contributed by atoms with E-state index in [1.165, 1.54) is 5.98 Å². The summed E-state index contributed by atoms with van der Waals surface area (Å²) in [5.41, 5.74) is 2.63. The van der Waals surface area contributed by atoms with Crippen LogP contribution in [-0.2, 0) is 4.84 Å². The van der Waals surface area contributed by atoms with Crippen molar-refractivity contribution in [2.24, 2.45) is 0 Å². The minimum atomic E-state index is 0.496. The molecule has 0 aromatic rings. The van der Waals surface area contributed by atoms with Gasteiger partial charge in [0.05, 0.1) is 6.61 Å². The van der Waals surface area contributed by atoms with E-state index in [1.807, 2.05) is 0 Å². The lowest BCUT2D eigenvalue weighted by atomic mass is 10.1. The van der Waals surface area contributed by atoms with Crippen LogP contribution >= 0.6 is 0 Å². The Morgan fingerprint density at radius 2 is 2.33 bits per heavy atom. The Hall–Kier alpha value is -0.575. The van der Waals surface area contributed by atoms with Crippen LogP contribution in [0.25, 0.3) is 0 Å². The second-order valence-electron chi connectivity index (χ2n) is 2.41. The molecule has 2 radical (unpaired) electrons. The average molecular weight is 167 g/mol. The normalized spacial score (nSPS) is 10.8. The van der Waals surface area contributed by atoms with Crippen molar-refractivity contribution in [3.8, 4) is 0 Å². The molecule has 0 aromatic carbocycles. The molecule has 0 rings (SSSR count). The fourth-order valence-corrected chi connectivity index (χ4v) is 0.791. The lowest BCUT2D eigenvalue weighted by Crippen LogP contribution is -2.08. The van der Waals surface area contributed by atoms with Gasteiger partial charge in [0, 0.05) is 0 Å². The van der Waals surface area contributed by atoms with Crippen LogP contribution in [0, 0.1) is 0 Å². The predicted octanol–water partition coefficient (Wildman–Crippen LogP) is 1.31. The summed E-state index contributed by atoms with van der Waals surface area (Å²) in [6.45, 7) is 4.29. The maximum absolute atomic E-state index is 8.04. The Morgan fingerprint density at radius 3 is 2.92 bits per heavy atom. The van der Waals surface area contributed by atoms with Gasteiger partial charge in [0.15, 0.2) is 0 Å². The number of allylic oxidation sites excluding steroid dienone is 2. The summed E-state index contributed by atoms with van der Waals surface area (Å²) in [6.07, 6.45) is 4.55. The molecular formula is C8H14BNO2. The van der Waals surface area contributed by atoms with E-state index in [0.29, 0.717) is 6.61 Å². The zero-order chi connectivity index (χ0) is 9.23. The molecule has 0 saturated heterocycles. The van der Waals surface area contributed by atoms with Crippen LogP contribution < -0.4 is 5.64 Å². The van der Waals surface area contributed by atoms with Crippen LogP contribution in [-0.4, -0.2) is 19.7 Å². The zero-order valence-corrected chi connectivity index (χ0v) is 7.12. The first-order chi connectivity index (χ1) is 5.81. The lowest BCUT2D eigenvalue weighted by molar-refractivity contribution is -0.127. The van der Waals surface area contributed by atoms with Gasteiger partial charge in [0.25, 0.3) is 0 Å². The molecule has 0 amide bonds. The molecule has 3 nitrogen and oxygen atoms in total. The Balaban J connectivity index is 3.14. The highest BCUT2D eigenvalue weighted by molar-refractivity contribution is 6.17. The quantitative estimate of drug-likeness (QED) is 0.260. The summed E-state index contributed by atoms with van der Waals surface area (Å²) in [7, 11) is 5.17. The van der Waals surface area contributed by atoms with E-state index < -0.39 is 0 Å². The minimum Gasteiger partial charge on any atom is -0.292 e. The van der Waals surface area contributed by atoms with Crippen molar-refractivity contribution < 1.29 is 10.0 Å². The minimum absolute atomic E-state index is 0.496. The van der Waals surface area contributed by atoms with Gasteiger partial charge in [-0.1, -0.05) is 23.9 Å². The first kappa shape index (κ1) is 11.4. The van der Waals surface area contributed by atoms with E-state index in [0.717, 1.165) is 24.8 Å². The predicted molar refractivity (Wildman–Crippen MR) is 48.8 cm³/mol. The molecule has 0 spiro atoms. The highest BCUT2D eigenvalue weighted by Gasteiger charge is 1.90. The fraction of sp³-hybridized carbons (Fsp3) is 0.500. The van der Waals surface area contributed by atoms with E-state index in [4.69, 9.17) is 13.1 Å². The Bertz CT molecular complexity index is 148. The second-order valence-corrected chi connectivity index (χ2v) is 2.41. The third-order valence-electron chi connectivity index (χ3n) is 1.39. The smallest absolute Gasteiger partial charge is 0.102 e. The summed E-state index contributed by atoms with van der Waals surface area (Å²) in [4.78, 5) is 4.51. The van der Waals surface area contributed by atoms with E-state index >= 15 is 0 Å². The molecule has 12 heavy (non-hydrogen) atoms.